The molecule has 11 heteroatoms. The van der Waals surface area contributed by atoms with Crippen LogP contribution in [0.4, 0.5) is 5.69 Å². The fourth-order valence-corrected chi connectivity index (χ4v) is 5.96. The lowest BCUT2D eigenvalue weighted by atomic mass is 10.1. The Morgan fingerprint density at radius 3 is 2.16 bits per heavy atom. The summed E-state index contributed by atoms with van der Waals surface area (Å²) in [5, 5.41) is 2.94. The predicted octanol–water partition coefficient (Wildman–Crippen LogP) is 4.94. The van der Waals surface area contributed by atoms with Gasteiger partial charge in [0.25, 0.3) is 10.0 Å². The number of rotatable bonds is 15. The van der Waals surface area contributed by atoms with Crippen LogP contribution in [0.5, 0.6) is 17.2 Å². The van der Waals surface area contributed by atoms with Crippen molar-refractivity contribution in [1.29, 1.82) is 0 Å². The molecule has 0 spiro atoms. The number of nitrogens with zero attached hydrogens (tertiary/aromatic N) is 2. The van der Waals surface area contributed by atoms with E-state index in [2.05, 4.69) is 5.32 Å². The largest absolute Gasteiger partial charge is 0.494 e. The average molecular weight is 626 g/mol. The summed E-state index contributed by atoms with van der Waals surface area (Å²) in [5.74, 6) is 0.279. The average Bonchev–Trinajstić information content (AvgIpc) is 3.02. The molecule has 44 heavy (non-hydrogen) atoms. The number of sulfonamides is 1. The molecule has 0 aliphatic carbocycles. The van der Waals surface area contributed by atoms with Gasteiger partial charge in [-0.25, -0.2) is 8.42 Å². The van der Waals surface area contributed by atoms with Crippen molar-refractivity contribution in [3.8, 4) is 17.2 Å². The van der Waals surface area contributed by atoms with Crippen molar-refractivity contribution in [1.82, 2.24) is 10.2 Å². The lowest BCUT2D eigenvalue weighted by molar-refractivity contribution is -0.139. The minimum Gasteiger partial charge on any atom is -0.494 e. The Kier molecular flexibility index (Phi) is 12.0. The summed E-state index contributed by atoms with van der Waals surface area (Å²) in [6, 6.07) is 17.3. The molecule has 0 radical (unpaired) electrons. The number of ether oxygens (including phenoxy) is 3. The number of aryl methyl sites for hydroxylation is 1. The minimum absolute atomic E-state index is 0.0915. The van der Waals surface area contributed by atoms with Gasteiger partial charge in [-0.1, -0.05) is 31.2 Å². The van der Waals surface area contributed by atoms with Crippen molar-refractivity contribution in [3.63, 3.8) is 0 Å². The second-order valence-corrected chi connectivity index (χ2v) is 12.3. The predicted molar refractivity (Wildman–Crippen MR) is 171 cm³/mol. The van der Waals surface area contributed by atoms with E-state index in [1.165, 1.54) is 37.3 Å². The smallest absolute Gasteiger partial charge is 0.264 e. The summed E-state index contributed by atoms with van der Waals surface area (Å²) in [6.45, 7) is 9.28. The molecule has 3 aromatic rings. The topological polar surface area (TPSA) is 114 Å². The number of hydrogen-bond acceptors (Lipinski definition) is 7. The number of benzene rings is 3. The zero-order chi connectivity index (χ0) is 32.4. The van der Waals surface area contributed by atoms with Crippen LogP contribution in [0.1, 0.15) is 45.2 Å². The van der Waals surface area contributed by atoms with Gasteiger partial charge in [0.05, 0.1) is 31.4 Å². The Labute approximate surface area is 261 Å². The molecule has 0 heterocycles. The van der Waals surface area contributed by atoms with Gasteiger partial charge in [-0.15, -0.1) is 0 Å². The first-order valence-electron chi connectivity index (χ1n) is 14.6. The van der Waals surface area contributed by atoms with Gasteiger partial charge in [0.2, 0.25) is 11.8 Å². The Morgan fingerprint density at radius 1 is 0.909 bits per heavy atom. The molecule has 0 fully saturated rings. The third-order valence-corrected chi connectivity index (χ3v) is 9.20. The number of methoxy groups -OCH3 is 2. The van der Waals surface area contributed by atoms with E-state index in [1.807, 2.05) is 52.0 Å². The number of carbonyl (C=O) groups excluding carboxylic acids is 2. The molecule has 0 aliphatic heterocycles. The van der Waals surface area contributed by atoms with Crippen LogP contribution < -0.4 is 23.8 Å². The molecule has 3 aromatic carbocycles. The van der Waals surface area contributed by atoms with Crippen molar-refractivity contribution in [2.45, 2.75) is 64.6 Å². The molecule has 3 rings (SSSR count). The minimum atomic E-state index is -4.31. The third kappa shape index (κ3) is 8.22. The first-order valence-corrected chi connectivity index (χ1v) is 16.0. The van der Waals surface area contributed by atoms with Crippen LogP contribution in [0, 0.1) is 6.92 Å². The first-order chi connectivity index (χ1) is 21.0. The van der Waals surface area contributed by atoms with Gasteiger partial charge in [-0.3, -0.25) is 13.9 Å². The van der Waals surface area contributed by atoms with E-state index in [1.54, 1.807) is 31.2 Å². The molecule has 2 amide bonds. The molecular formula is C33H43N3O7S. The van der Waals surface area contributed by atoms with Gasteiger partial charge < -0.3 is 24.4 Å². The monoisotopic (exact) mass is 625 g/mol. The van der Waals surface area contributed by atoms with Gasteiger partial charge in [-0.2, -0.15) is 0 Å². The fraction of sp³-hybridized carbons (Fsp3) is 0.394. The zero-order valence-electron chi connectivity index (χ0n) is 26.5. The second-order valence-electron chi connectivity index (χ2n) is 10.4. The van der Waals surface area contributed by atoms with E-state index in [0.717, 1.165) is 21.9 Å². The van der Waals surface area contributed by atoms with Crippen LogP contribution >= 0.6 is 0 Å². The Bertz CT molecular complexity index is 1530. The maximum absolute atomic E-state index is 14.2. The summed E-state index contributed by atoms with van der Waals surface area (Å²) >= 11 is 0. The summed E-state index contributed by atoms with van der Waals surface area (Å²) < 4.78 is 45.7. The maximum atomic E-state index is 14.2. The molecule has 0 saturated carbocycles. The lowest BCUT2D eigenvalue weighted by Crippen LogP contribution is -2.52. The van der Waals surface area contributed by atoms with E-state index in [-0.39, 0.29) is 34.8 Å². The molecule has 0 bridgehead atoms. The third-order valence-electron chi connectivity index (χ3n) is 7.43. The van der Waals surface area contributed by atoms with Crippen LogP contribution in [-0.2, 0) is 26.2 Å². The van der Waals surface area contributed by atoms with Crippen LogP contribution in [0.15, 0.2) is 71.6 Å². The number of anilines is 1. The summed E-state index contributed by atoms with van der Waals surface area (Å²) in [4.78, 5) is 28.8. The van der Waals surface area contributed by atoms with Crippen molar-refractivity contribution in [2.24, 2.45) is 0 Å². The highest BCUT2D eigenvalue weighted by molar-refractivity contribution is 7.92. The number of hydrogen-bond donors (Lipinski definition) is 1. The van der Waals surface area contributed by atoms with Gasteiger partial charge in [0, 0.05) is 18.7 Å². The standard InChI is InChI=1S/C33H43N3O7S/c1-8-24(4)34-33(38)25(5)35(21-26-13-11-10-12-23(26)3)32(37)22-36(27-14-16-28(17-15-27)43-9-2)44(39,40)29-18-19-30(41-6)31(20-29)42-7/h10-20,24-25H,8-9,21-22H2,1-7H3,(H,34,38). The molecule has 238 valence electrons. The van der Waals surface area contributed by atoms with Crippen molar-refractivity contribution < 1.29 is 32.2 Å². The van der Waals surface area contributed by atoms with E-state index >= 15 is 0 Å². The van der Waals surface area contributed by atoms with Crippen molar-refractivity contribution >= 4 is 27.5 Å². The van der Waals surface area contributed by atoms with Gasteiger partial charge in [-0.05, 0) is 81.6 Å². The van der Waals surface area contributed by atoms with Crippen molar-refractivity contribution in [2.75, 3.05) is 31.7 Å². The summed E-state index contributed by atoms with van der Waals surface area (Å²) in [6.07, 6.45) is 0.722. The normalized spacial score (nSPS) is 12.5. The maximum Gasteiger partial charge on any atom is 0.264 e. The van der Waals surface area contributed by atoms with Crippen LogP contribution in [0.2, 0.25) is 0 Å². The van der Waals surface area contributed by atoms with Crippen molar-refractivity contribution in [3.05, 3.63) is 77.9 Å². The summed E-state index contributed by atoms with van der Waals surface area (Å²) in [7, 11) is -1.44. The van der Waals surface area contributed by atoms with Gasteiger partial charge in [0.1, 0.15) is 18.3 Å². The molecule has 2 unspecified atom stereocenters. The molecule has 10 nitrogen and oxygen atoms in total. The molecular weight excluding hydrogens is 582 g/mol. The van der Waals surface area contributed by atoms with E-state index in [0.29, 0.717) is 18.1 Å². The molecule has 0 aliphatic rings. The quantitative estimate of drug-likeness (QED) is 0.255. The van der Waals surface area contributed by atoms with Gasteiger partial charge >= 0.3 is 0 Å². The fourth-order valence-electron chi connectivity index (χ4n) is 4.53. The number of carbonyl (C=O) groups is 2. The lowest BCUT2D eigenvalue weighted by Gasteiger charge is -2.33. The van der Waals surface area contributed by atoms with Gasteiger partial charge in [0.15, 0.2) is 11.5 Å². The van der Waals surface area contributed by atoms with Crippen LogP contribution in [0.25, 0.3) is 0 Å². The molecule has 0 saturated heterocycles. The Hall–Kier alpha value is -4.25. The first kappa shape index (κ1) is 34.2. The molecule has 1 N–H and O–H groups in total. The number of amides is 2. The van der Waals surface area contributed by atoms with E-state index in [4.69, 9.17) is 14.2 Å². The van der Waals surface area contributed by atoms with Crippen LogP contribution in [0.3, 0.4) is 0 Å². The highest BCUT2D eigenvalue weighted by Crippen LogP contribution is 2.33. The van der Waals surface area contributed by atoms with E-state index < -0.39 is 28.5 Å². The molecule has 2 atom stereocenters. The highest BCUT2D eigenvalue weighted by atomic mass is 32.2. The van der Waals surface area contributed by atoms with Crippen LogP contribution in [-0.4, -0.2) is 64.6 Å². The van der Waals surface area contributed by atoms with E-state index in [9.17, 15) is 18.0 Å². The Balaban J connectivity index is 2.09. The number of nitrogens with one attached hydrogen (secondary N) is 1. The highest BCUT2D eigenvalue weighted by Gasteiger charge is 2.33. The zero-order valence-corrected chi connectivity index (χ0v) is 27.3. The summed E-state index contributed by atoms with van der Waals surface area (Å²) in [5.41, 5.74) is 2.05. The molecule has 0 aromatic heterocycles. The SMILES string of the molecule is CCOc1ccc(N(CC(=O)N(Cc2ccccc2C)C(C)C(=O)NC(C)CC)S(=O)(=O)c2ccc(OC)c(OC)c2)cc1. The Morgan fingerprint density at radius 2 is 1.57 bits per heavy atom. The second kappa shape index (κ2) is 15.5.